The summed E-state index contributed by atoms with van der Waals surface area (Å²) >= 11 is 0. The first-order valence-corrected chi connectivity index (χ1v) is 9.87. The lowest BCUT2D eigenvalue weighted by Gasteiger charge is -2.39. The molecule has 0 fully saturated rings. The van der Waals surface area contributed by atoms with Crippen LogP contribution in [0, 0.1) is 29.0 Å². The highest BCUT2D eigenvalue weighted by Crippen LogP contribution is 2.43. The second kappa shape index (κ2) is 11.3. The van der Waals surface area contributed by atoms with Gasteiger partial charge in [-0.2, -0.15) is 0 Å². The zero-order valence-electron chi connectivity index (χ0n) is 18.0. The van der Waals surface area contributed by atoms with Crippen molar-refractivity contribution in [1.82, 2.24) is 0 Å². The largest absolute Gasteiger partial charge is 0.507 e. The Kier molecular flexibility index (Phi) is 9.49. The summed E-state index contributed by atoms with van der Waals surface area (Å²) in [5.41, 5.74) is 0.536. The maximum Gasteiger partial charge on any atom is 0.267 e. The molecule has 1 aromatic carbocycles. The molecule has 0 amide bonds. The van der Waals surface area contributed by atoms with E-state index in [1.165, 1.54) is 14.2 Å². The normalized spacial score (nSPS) is 16.0. The number of hydrogen-bond acceptors (Lipinski definition) is 5. The summed E-state index contributed by atoms with van der Waals surface area (Å²) in [4.78, 5) is 24.0. The van der Waals surface area contributed by atoms with Gasteiger partial charge in [-0.25, -0.2) is 5.26 Å². The maximum atomic E-state index is 12.8. The SMILES string of the molecule is CC#CC[B]C#N.CCCc1cc(O)c2c(c1)OC(C)(C)C(CCC(C)=O)C2=O. The van der Waals surface area contributed by atoms with Crippen molar-refractivity contribution in [2.75, 3.05) is 0 Å². The number of aromatic hydroxyl groups is 1. The van der Waals surface area contributed by atoms with Gasteiger partial charge in [0.25, 0.3) is 7.28 Å². The second-order valence-electron chi connectivity index (χ2n) is 7.57. The van der Waals surface area contributed by atoms with Crippen LogP contribution >= 0.6 is 0 Å². The molecule has 29 heavy (non-hydrogen) atoms. The van der Waals surface area contributed by atoms with Crippen LogP contribution in [0.15, 0.2) is 12.1 Å². The average molecular weight is 394 g/mol. The first-order chi connectivity index (χ1) is 13.7. The van der Waals surface area contributed by atoms with Gasteiger partial charge in [-0.3, -0.25) is 4.79 Å². The zero-order chi connectivity index (χ0) is 22.0. The number of nitriles is 1. The Labute approximate surface area is 174 Å². The van der Waals surface area contributed by atoms with Crippen LogP contribution in [0.1, 0.15) is 69.8 Å². The van der Waals surface area contributed by atoms with Gasteiger partial charge in [-0.15, -0.1) is 11.8 Å². The van der Waals surface area contributed by atoms with Crippen LogP contribution < -0.4 is 4.74 Å². The molecule has 1 unspecified atom stereocenters. The topological polar surface area (TPSA) is 87.4 Å². The molecule has 1 aliphatic heterocycles. The van der Waals surface area contributed by atoms with Crippen molar-refractivity contribution in [3.8, 4) is 29.3 Å². The number of carbonyl (C=O) groups excluding carboxylic acids is 2. The predicted octanol–water partition coefficient (Wildman–Crippen LogP) is 4.30. The summed E-state index contributed by atoms with van der Waals surface area (Å²) in [5.74, 6) is 7.20. The average Bonchev–Trinajstić information content (AvgIpc) is 2.61. The molecular formula is C23H29BNO4. The lowest BCUT2D eigenvalue weighted by molar-refractivity contribution is -0.117. The van der Waals surface area contributed by atoms with E-state index >= 15 is 0 Å². The summed E-state index contributed by atoms with van der Waals surface area (Å²) < 4.78 is 6.01. The van der Waals surface area contributed by atoms with Gasteiger partial charge in [-0.05, 0) is 70.5 Å². The monoisotopic (exact) mass is 394 g/mol. The zero-order valence-corrected chi connectivity index (χ0v) is 18.0. The lowest BCUT2D eigenvalue weighted by Crippen LogP contribution is -2.46. The molecule has 2 rings (SSSR count). The van der Waals surface area contributed by atoms with Crippen LogP contribution in [0.2, 0.25) is 6.32 Å². The molecule has 0 saturated heterocycles. The highest BCUT2D eigenvalue weighted by atomic mass is 16.5. The minimum atomic E-state index is -0.684. The number of phenolic OH excluding ortho intramolecular Hbond substituents is 1. The molecule has 0 spiro atoms. The highest BCUT2D eigenvalue weighted by Gasteiger charge is 2.44. The van der Waals surface area contributed by atoms with E-state index < -0.39 is 11.5 Å². The van der Waals surface area contributed by atoms with Gasteiger partial charge in [-0.1, -0.05) is 13.3 Å². The van der Waals surface area contributed by atoms with E-state index in [0.29, 0.717) is 24.9 Å². The quantitative estimate of drug-likeness (QED) is 0.442. The molecule has 0 aliphatic carbocycles. The van der Waals surface area contributed by atoms with Crippen LogP contribution in [0.5, 0.6) is 11.5 Å². The van der Waals surface area contributed by atoms with Gasteiger partial charge in [0.05, 0.1) is 5.92 Å². The Morgan fingerprint density at radius 3 is 2.62 bits per heavy atom. The van der Waals surface area contributed by atoms with Crippen molar-refractivity contribution < 1.29 is 19.4 Å². The van der Waals surface area contributed by atoms with E-state index in [0.717, 1.165) is 18.4 Å². The van der Waals surface area contributed by atoms with Gasteiger partial charge < -0.3 is 14.6 Å². The van der Waals surface area contributed by atoms with Gasteiger partial charge in [0.15, 0.2) is 5.78 Å². The fourth-order valence-electron chi connectivity index (χ4n) is 3.29. The predicted molar refractivity (Wildman–Crippen MR) is 114 cm³/mol. The summed E-state index contributed by atoms with van der Waals surface area (Å²) in [7, 11) is 1.47. The molecule has 1 atom stereocenters. The van der Waals surface area contributed by atoms with Crippen molar-refractivity contribution >= 4 is 18.8 Å². The molecule has 153 valence electrons. The Bertz CT molecular complexity index is 843. The van der Waals surface area contributed by atoms with Crippen molar-refractivity contribution in [3.05, 3.63) is 23.3 Å². The molecule has 6 heteroatoms. The standard InChI is InChI=1S/C18H24O4.C5H5BN/c1-5-6-12-9-14(20)16-15(10-12)22-18(3,4)13(17(16)21)8-7-11(2)19;1-2-3-4-6-5-7/h9-10,13,20H,5-8H2,1-4H3;4H2,1H3. The summed E-state index contributed by atoms with van der Waals surface area (Å²) in [6.07, 6.45) is 3.15. The molecule has 1 heterocycles. The Morgan fingerprint density at radius 1 is 1.38 bits per heavy atom. The Hall–Kier alpha value is -2.73. The van der Waals surface area contributed by atoms with Crippen molar-refractivity contribution in [3.63, 3.8) is 0 Å². The number of ketones is 2. The van der Waals surface area contributed by atoms with Crippen molar-refractivity contribution in [2.45, 2.75) is 72.2 Å². The molecule has 0 saturated carbocycles. The second-order valence-corrected chi connectivity index (χ2v) is 7.57. The van der Waals surface area contributed by atoms with Crippen molar-refractivity contribution in [2.24, 2.45) is 5.92 Å². The number of fused-ring (bicyclic) bond motifs is 1. The minimum absolute atomic E-state index is 0.0192. The molecule has 1 radical (unpaired) electrons. The van der Waals surface area contributed by atoms with Crippen LogP contribution in [0.3, 0.4) is 0 Å². The van der Waals surface area contributed by atoms with Crippen molar-refractivity contribution in [1.29, 1.82) is 5.26 Å². The van der Waals surface area contributed by atoms with Crippen LogP contribution in [0.4, 0.5) is 0 Å². The molecular weight excluding hydrogens is 365 g/mol. The Balaban J connectivity index is 0.000000516. The smallest absolute Gasteiger partial charge is 0.267 e. The van der Waals surface area contributed by atoms with E-state index in [9.17, 15) is 14.7 Å². The lowest BCUT2D eigenvalue weighted by atomic mass is 9.78. The minimum Gasteiger partial charge on any atom is -0.507 e. The van der Waals surface area contributed by atoms with Gasteiger partial charge in [0.2, 0.25) is 0 Å². The van der Waals surface area contributed by atoms with Gasteiger partial charge in [0, 0.05) is 6.42 Å². The van der Waals surface area contributed by atoms with Gasteiger partial charge in [0.1, 0.15) is 28.4 Å². The molecule has 0 aromatic heterocycles. The number of Topliss-reactive ketones (excluding diaryl/α,β-unsaturated/α-hetero) is 2. The number of hydrogen-bond donors (Lipinski definition) is 1. The number of phenols is 1. The number of ether oxygens (including phenoxy) is 1. The van der Waals surface area contributed by atoms with Gasteiger partial charge >= 0.3 is 0 Å². The van der Waals surface area contributed by atoms with Crippen LogP contribution in [0.25, 0.3) is 0 Å². The molecule has 1 aromatic rings. The maximum absolute atomic E-state index is 12.8. The third-order valence-corrected chi connectivity index (χ3v) is 4.71. The first kappa shape index (κ1) is 24.3. The van der Waals surface area contributed by atoms with E-state index in [1.54, 1.807) is 13.0 Å². The van der Waals surface area contributed by atoms with Crippen LogP contribution in [-0.2, 0) is 11.2 Å². The number of rotatable bonds is 6. The summed E-state index contributed by atoms with van der Waals surface area (Å²) in [5, 5.41) is 18.2. The number of nitrogens with zero attached hydrogens (tertiary/aromatic N) is 1. The van der Waals surface area contributed by atoms with Crippen LogP contribution in [-0.4, -0.2) is 29.6 Å². The fraction of sp³-hybridized carbons (Fsp3) is 0.522. The molecule has 5 nitrogen and oxygen atoms in total. The van der Waals surface area contributed by atoms with E-state index in [4.69, 9.17) is 10.00 Å². The summed E-state index contributed by atoms with van der Waals surface area (Å²) in [6.45, 7) is 9.06. The van der Waals surface area contributed by atoms with E-state index in [2.05, 4.69) is 18.8 Å². The number of carbonyl (C=O) groups is 2. The number of aryl methyl sites for hydroxylation is 1. The van der Waals surface area contributed by atoms with E-state index in [-0.39, 0.29) is 22.9 Å². The molecule has 1 N–H and O–H groups in total. The highest BCUT2D eigenvalue weighted by molar-refractivity contribution is 6.45. The van der Waals surface area contributed by atoms with E-state index in [1.807, 2.05) is 25.9 Å². The third kappa shape index (κ3) is 6.98. The third-order valence-electron chi connectivity index (χ3n) is 4.71. The molecule has 1 aliphatic rings. The summed E-state index contributed by atoms with van der Waals surface area (Å²) in [6, 6.07) is 3.49. The fourth-order valence-corrected chi connectivity index (χ4v) is 3.29. The Morgan fingerprint density at radius 2 is 2.07 bits per heavy atom. The first-order valence-electron chi connectivity index (χ1n) is 9.87. The number of benzene rings is 1. The molecule has 0 bridgehead atoms.